The molecule has 0 bridgehead atoms. The molecule has 41 heavy (non-hydrogen) atoms. The fraction of sp³-hybridized carbons (Fsp3) is 0.974. The smallest absolute Gasteiger partial charge is 0.303 e. The monoisotopic (exact) mass is 581 g/mol. The molecule has 0 aliphatic rings. The number of carboxylic acids is 1. The van der Waals surface area contributed by atoms with E-state index in [-0.39, 0.29) is 0 Å². The number of rotatable bonds is 34. The van der Waals surface area contributed by atoms with Crippen molar-refractivity contribution >= 4 is 5.97 Å². The van der Waals surface area contributed by atoms with Crippen LogP contribution < -0.4 is 0 Å². The van der Waals surface area contributed by atoms with E-state index in [1.54, 1.807) is 0 Å². The van der Waals surface area contributed by atoms with E-state index < -0.39 is 5.97 Å². The normalized spacial score (nSPS) is 11.0. The molecule has 0 radical (unpaired) electrons. The summed E-state index contributed by atoms with van der Waals surface area (Å²) in [5.74, 6) is -0.653. The van der Waals surface area contributed by atoms with Gasteiger partial charge in [-0.1, -0.05) is 233 Å². The Balaban J connectivity index is 0. The van der Waals surface area contributed by atoms with Crippen LogP contribution >= 0.6 is 0 Å². The van der Waals surface area contributed by atoms with Crippen molar-refractivity contribution in [1.29, 1.82) is 0 Å². The molecule has 0 unspecified atom stereocenters. The molecule has 0 aromatic heterocycles. The van der Waals surface area contributed by atoms with Crippen molar-refractivity contribution in [2.45, 2.75) is 245 Å². The highest BCUT2D eigenvalue weighted by atomic mass is 16.4. The lowest BCUT2D eigenvalue weighted by Crippen LogP contribution is -1.93. The minimum absolute atomic E-state index is 0.345. The highest BCUT2D eigenvalue weighted by molar-refractivity contribution is 5.66. The highest BCUT2D eigenvalue weighted by Gasteiger charge is 1.97. The fourth-order valence-corrected chi connectivity index (χ4v) is 5.80. The number of carbonyl (C=O) groups is 1. The Morgan fingerprint density at radius 1 is 0.293 bits per heavy atom. The summed E-state index contributed by atoms with van der Waals surface area (Å²) in [5, 5.41) is 8.52. The first kappa shape index (κ1) is 42.6. The fourth-order valence-electron chi connectivity index (χ4n) is 5.80. The van der Waals surface area contributed by atoms with Crippen molar-refractivity contribution in [1.82, 2.24) is 0 Å². The summed E-state index contributed by atoms with van der Waals surface area (Å²) in [7, 11) is 0. The Hall–Kier alpha value is -0.530. The van der Waals surface area contributed by atoms with Crippen LogP contribution in [-0.2, 0) is 4.79 Å². The van der Waals surface area contributed by atoms with E-state index in [4.69, 9.17) is 5.11 Å². The van der Waals surface area contributed by atoms with Gasteiger partial charge in [0, 0.05) is 6.42 Å². The molecule has 0 heterocycles. The molecule has 0 aromatic rings. The molecule has 0 saturated carbocycles. The summed E-state index contributed by atoms with van der Waals surface area (Å²) < 4.78 is 0. The molecule has 2 heteroatoms. The van der Waals surface area contributed by atoms with Gasteiger partial charge in [0.15, 0.2) is 0 Å². The molecule has 0 amide bonds. The molecular formula is C39H80O2. The molecular weight excluding hydrogens is 500 g/mol. The molecule has 0 aromatic carbocycles. The zero-order valence-electron chi connectivity index (χ0n) is 29.1. The molecule has 0 fully saturated rings. The minimum atomic E-state index is -0.653. The quantitative estimate of drug-likeness (QED) is 0.0768. The third kappa shape index (κ3) is 46.6. The van der Waals surface area contributed by atoms with Gasteiger partial charge in [0.25, 0.3) is 0 Å². The Labute approximate surface area is 261 Å². The maximum Gasteiger partial charge on any atom is 0.303 e. The summed E-state index contributed by atoms with van der Waals surface area (Å²) in [6.07, 6.45) is 48.1. The Kier molecular flexibility index (Phi) is 43.2. The van der Waals surface area contributed by atoms with Crippen molar-refractivity contribution in [2.75, 3.05) is 0 Å². The molecule has 0 rings (SSSR count). The van der Waals surface area contributed by atoms with Crippen molar-refractivity contribution in [3.63, 3.8) is 0 Å². The molecule has 0 spiro atoms. The molecule has 0 saturated heterocycles. The number of aliphatic carboxylic acids is 1. The third-order valence-electron chi connectivity index (χ3n) is 8.70. The van der Waals surface area contributed by atoms with Crippen molar-refractivity contribution in [3.8, 4) is 0 Å². The van der Waals surface area contributed by atoms with E-state index in [9.17, 15) is 4.79 Å². The minimum Gasteiger partial charge on any atom is -0.481 e. The van der Waals surface area contributed by atoms with Crippen LogP contribution in [0, 0.1) is 0 Å². The van der Waals surface area contributed by atoms with Crippen LogP contribution in [0.4, 0.5) is 0 Å². The molecule has 248 valence electrons. The molecule has 1 N–H and O–H groups in total. The Bertz CT molecular complexity index is 429. The van der Waals surface area contributed by atoms with Gasteiger partial charge in [0.05, 0.1) is 0 Å². The van der Waals surface area contributed by atoms with Crippen LogP contribution in [0.3, 0.4) is 0 Å². The summed E-state index contributed by atoms with van der Waals surface area (Å²) in [5.41, 5.74) is 0. The van der Waals surface area contributed by atoms with Gasteiger partial charge in [-0.15, -0.1) is 0 Å². The lowest BCUT2D eigenvalue weighted by molar-refractivity contribution is -0.137. The largest absolute Gasteiger partial charge is 0.481 e. The topological polar surface area (TPSA) is 37.3 Å². The van der Waals surface area contributed by atoms with E-state index in [2.05, 4.69) is 20.8 Å². The lowest BCUT2D eigenvalue weighted by atomic mass is 10.0. The number of unbranched alkanes of at least 4 members (excludes halogenated alkanes) is 32. The van der Waals surface area contributed by atoms with Gasteiger partial charge in [-0.2, -0.15) is 0 Å². The summed E-state index contributed by atoms with van der Waals surface area (Å²) >= 11 is 0. The predicted octanol–water partition coefficient (Wildman–Crippen LogP) is 14.8. The van der Waals surface area contributed by atoms with Crippen LogP contribution in [-0.4, -0.2) is 11.1 Å². The average molecular weight is 581 g/mol. The second-order valence-corrected chi connectivity index (χ2v) is 13.1. The molecule has 0 aliphatic carbocycles. The van der Waals surface area contributed by atoms with Gasteiger partial charge >= 0.3 is 5.97 Å². The average Bonchev–Trinajstić information content (AvgIpc) is 2.97. The lowest BCUT2D eigenvalue weighted by Gasteiger charge is -2.03. The molecule has 0 aliphatic heterocycles. The number of hydrogen-bond acceptors (Lipinski definition) is 1. The van der Waals surface area contributed by atoms with Gasteiger partial charge in [-0.25, -0.2) is 0 Å². The van der Waals surface area contributed by atoms with E-state index in [1.807, 2.05) is 0 Å². The van der Waals surface area contributed by atoms with Gasteiger partial charge in [0.1, 0.15) is 0 Å². The van der Waals surface area contributed by atoms with E-state index >= 15 is 0 Å². The highest BCUT2D eigenvalue weighted by Crippen LogP contribution is 2.15. The second-order valence-electron chi connectivity index (χ2n) is 13.1. The van der Waals surface area contributed by atoms with E-state index in [1.165, 1.54) is 205 Å². The van der Waals surface area contributed by atoms with E-state index in [0.29, 0.717) is 6.42 Å². The van der Waals surface area contributed by atoms with Crippen molar-refractivity contribution < 1.29 is 9.90 Å². The first-order valence-corrected chi connectivity index (χ1v) is 19.4. The standard InChI is InChI=1S/C21H44.C18H36O2/c1-3-5-7-9-11-13-15-17-19-21-20-18-16-14-12-10-8-6-4-2;1-2-3-4-5-6-7-8-9-10-11-12-13-14-15-16-17-18(19)20/h3-21H2,1-2H3;2-17H2,1H3,(H,19,20). The first-order chi connectivity index (χ1) is 20.2. The molecule has 0 atom stereocenters. The zero-order chi connectivity index (χ0) is 30.3. The second kappa shape index (κ2) is 41.6. The van der Waals surface area contributed by atoms with Gasteiger partial charge in [-0.05, 0) is 6.42 Å². The summed E-state index contributed by atoms with van der Waals surface area (Å²) in [6.45, 7) is 6.87. The van der Waals surface area contributed by atoms with Gasteiger partial charge < -0.3 is 5.11 Å². The molecule has 2 nitrogen and oxygen atoms in total. The van der Waals surface area contributed by atoms with Crippen molar-refractivity contribution in [3.05, 3.63) is 0 Å². The number of carboxylic acid groups (broad SMARTS) is 1. The first-order valence-electron chi connectivity index (χ1n) is 19.4. The van der Waals surface area contributed by atoms with E-state index in [0.717, 1.165) is 12.8 Å². The third-order valence-corrected chi connectivity index (χ3v) is 8.70. The van der Waals surface area contributed by atoms with Crippen LogP contribution in [0.1, 0.15) is 245 Å². The maximum atomic E-state index is 10.3. The van der Waals surface area contributed by atoms with Crippen molar-refractivity contribution in [2.24, 2.45) is 0 Å². The summed E-state index contributed by atoms with van der Waals surface area (Å²) in [6, 6.07) is 0. The SMILES string of the molecule is CCCCCCCCCCCCCCCCCC(=O)O.CCCCCCCCCCCCCCCCCCCCC. The van der Waals surface area contributed by atoms with Crippen LogP contribution in [0.15, 0.2) is 0 Å². The van der Waals surface area contributed by atoms with Crippen LogP contribution in [0.2, 0.25) is 0 Å². The Morgan fingerprint density at radius 3 is 0.585 bits per heavy atom. The van der Waals surface area contributed by atoms with Crippen LogP contribution in [0.5, 0.6) is 0 Å². The zero-order valence-corrected chi connectivity index (χ0v) is 29.1. The predicted molar refractivity (Wildman–Crippen MR) is 186 cm³/mol. The number of hydrogen-bond donors (Lipinski definition) is 1. The van der Waals surface area contributed by atoms with Crippen LogP contribution in [0.25, 0.3) is 0 Å². The Morgan fingerprint density at radius 2 is 0.439 bits per heavy atom. The maximum absolute atomic E-state index is 10.3. The summed E-state index contributed by atoms with van der Waals surface area (Å²) in [4.78, 5) is 10.3. The van der Waals surface area contributed by atoms with Gasteiger partial charge in [-0.3, -0.25) is 4.79 Å². The van der Waals surface area contributed by atoms with Gasteiger partial charge in [0.2, 0.25) is 0 Å².